The number of rotatable bonds is 7. The monoisotopic (exact) mass is 378 g/mol. The van der Waals surface area contributed by atoms with E-state index in [2.05, 4.69) is 40.2 Å². The van der Waals surface area contributed by atoms with Crippen molar-refractivity contribution in [2.24, 2.45) is 5.92 Å². The summed E-state index contributed by atoms with van der Waals surface area (Å²) in [7, 11) is 0. The molecule has 0 radical (unpaired) electrons. The highest BCUT2D eigenvalue weighted by Crippen LogP contribution is 2.40. The van der Waals surface area contributed by atoms with Crippen LogP contribution in [-0.4, -0.2) is 29.0 Å². The van der Waals surface area contributed by atoms with Gasteiger partial charge < -0.3 is 5.11 Å². The van der Waals surface area contributed by atoms with Crippen molar-refractivity contribution >= 4 is 12.1 Å². The highest BCUT2D eigenvalue weighted by atomic mass is 32.2. The molecule has 1 saturated carbocycles. The van der Waals surface area contributed by atoms with E-state index in [4.69, 9.17) is 0 Å². The van der Waals surface area contributed by atoms with Crippen LogP contribution in [0.4, 0.5) is 0 Å². The Morgan fingerprint density at radius 2 is 1.73 bits per heavy atom. The Kier molecular flexibility index (Phi) is 9.48. The van der Waals surface area contributed by atoms with Gasteiger partial charge in [-0.1, -0.05) is 51.5 Å². The molecule has 1 aromatic carbocycles. The summed E-state index contributed by atoms with van der Waals surface area (Å²) >= 11 is 1.77. The Bertz CT molecular complexity index is 491. The summed E-state index contributed by atoms with van der Waals surface area (Å²) in [5.74, 6) is 0.809. The molecular weight excluding hydrogens is 340 g/mol. The zero-order chi connectivity index (χ0) is 18.8. The van der Waals surface area contributed by atoms with E-state index < -0.39 is 5.60 Å². The number of nitrogens with one attached hydrogen (secondary N) is 1. The molecule has 0 spiro atoms. The fourth-order valence-electron chi connectivity index (χ4n) is 3.95. The van der Waals surface area contributed by atoms with Gasteiger partial charge in [0.2, 0.25) is 0 Å². The SMILES string of the molecule is CC.CCC1CCC(O)(c2ccc(CCNSN3CCCC3)cc2)CC1. The molecule has 2 aliphatic rings. The number of hydrogen-bond donors (Lipinski definition) is 2. The average molecular weight is 379 g/mol. The topological polar surface area (TPSA) is 35.5 Å². The quantitative estimate of drug-likeness (QED) is 0.499. The second kappa shape index (κ2) is 11.3. The lowest BCUT2D eigenvalue weighted by molar-refractivity contribution is -0.0145. The maximum Gasteiger partial charge on any atom is 0.0896 e. The molecule has 0 amide bonds. The van der Waals surface area contributed by atoms with E-state index in [0.29, 0.717) is 0 Å². The molecule has 0 aromatic heterocycles. The van der Waals surface area contributed by atoms with Gasteiger partial charge in [0.25, 0.3) is 0 Å². The zero-order valence-electron chi connectivity index (χ0n) is 17.0. The van der Waals surface area contributed by atoms with Crippen molar-refractivity contribution in [1.29, 1.82) is 0 Å². The maximum atomic E-state index is 11.0. The molecule has 3 rings (SSSR count). The van der Waals surface area contributed by atoms with Gasteiger partial charge in [-0.3, -0.25) is 4.72 Å². The number of nitrogens with zero attached hydrogens (tertiary/aromatic N) is 1. The summed E-state index contributed by atoms with van der Waals surface area (Å²) in [6, 6.07) is 8.69. The van der Waals surface area contributed by atoms with Crippen LogP contribution in [0.15, 0.2) is 24.3 Å². The molecule has 2 fully saturated rings. The Balaban J connectivity index is 0.00000117. The van der Waals surface area contributed by atoms with E-state index in [1.807, 2.05) is 13.8 Å². The van der Waals surface area contributed by atoms with Gasteiger partial charge in [-0.25, -0.2) is 4.31 Å². The third-order valence-corrected chi connectivity index (χ3v) is 6.73. The maximum absolute atomic E-state index is 11.0. The Morgan fingerprint density at radius 3 is 2.31 bits per heavy atom. The van der Waals surface area contributed by atoms with Gasteiger partial charge in [-0.05, 0) is 62.0 Å². The highest BCUT2D eigenvalue weighted by Gasteiger charge is 2.34. The number of hydrogen-bond acceptors (Lipinski definition) is 4. The van der Waals surface area contributed by atoms with Crippen LogP contribution < -0.4 is 4.72 Å². The first-order valence-electron chi connectivity index (χ1n) is 10.7. The summed E-state index contributed by atoms with van der Waals surface area (Å²) < 4.78 is 5.87. The lowest BCUT2D eigenvalue weighted by Crippen LogP contribution is -2.31. The van der Waals surface area contributed by atoms with Gasteiger partial charge in [0.15, 0.2) is 0 Å². The summed E-state index contributed by atoms with van der Waals surface area (Å²) in [4.78, 5) is 0. The molecule has 4 heteroatoms. The molecule has 1 aliphatic heterocycles. The van der Waals surface area contributed by atoms with Crippen molar-refractivity contribution in [2.45, 2.75) is 77.7 Å². The van der Waals surface area contributed by atoms with Crippen LogP contribution >= 0.6 is 12.1 Å². The van der Waals surface area contributed by atoms with Crippen LogP contribution in [-0.2, 0) is 12.0 Å². The van der Waals surface area contributed by atoms with Gasteiger partial charge in [-0.15, -0.1) is 0 Å². The predicted octanol–water partition coefficient (Wildman–Crippen LogP) is 5.29. The molecule has 0 bridgehead atoms. The Labute approximate surface area is 165 Å². The smallest absolute Gasteiger partial charge is 0.0896 e. The molecule has 2 N–H and O–H groups in total. The van der Waals surface area contributed by atoms with Gasteiger partial charge >= 0.3 is 0 Å². The van der Waals surface area contributed by atoms with Crippen molar-refractivity contribution in [3.05, 3.63) is 35.4 Å². The van der Waals surface area contributed by atoms with Crippen molar-refractivity contribution in [3.63, 3.8) is 0 Å². The molecule has 1 aliphatic carbocycles. The molecule has 3 nitrogen and oxygen atoms in total. The molecule has 148 valence electrons. The van der Waals surface area contributed by atoms with Crippen molar-refractivity contribution in [3.8, 4) is 0 Å². The molecule has 0 unspecified atom stereocenters. The van der Waals surface area contributed by atoms with Gasteiger partial charge in [0.1, 0.15) is 0 Å². The fraction of sp³-hybridized carbons (Fsp3) is 0.727. The zero-order valence-corrected chi connectivity index (χ0v) is 17.8. The predicted molar refractivity (Wildman–Crippen MR) is 114 cm³/mol. The largest absolute Gasteiger partial charge is 0.385 e. The van der Waals surface area contributed by atoms with Crippen LogP contribution in [0.5, 0.6) is 0 Å². The lowest BCUT2D eigenvalue weighted by atomic mass is 9.74. The van der Waals surface area contributed by atoms with E-state index in [1.54, 1.807) is 12.1 Å². The summed E-state index contributed by atoms with van der Waals surface area (Å²) in [5.41, 5.74) is 1.87. The number of benzene rings is 1. The normalized spacial score (nSPS) is 26.4. The summed E-state index contributed by atoms with van der Waals surface area (Å²) in [6.45, 7) is 9.68. The number of aliphatic hydroxyl groups is 1. The first-order chi connectivity index (χ1) is 12.7. The van der Waals surface area contributed by atoms with Crippen LogP contribution in [0.3, 0.4) is 0 Å². The van der Waals surface area contributed by atoms with E-state index in [9.17, 15) is 5.11 Å². The second-order valence-electron chi connectivity index (χ2n) is 7.45. The minimum absolute atomic E-state index is 0.589. The van der Waals surface area contributed by atoms with E-state index in [0.717, 1.165) is 50.1 Å². The molecule has 26 heavy (non-hydrogen) atoms. The van der Waals surface area contributed by atoms with Crippen LogP contribution in [0, 0.1) is 5.92 Å². The van der Waals surface area contributed by atoms with Crippen LogP contribution in [0.1, 0.15) is 76.8 Å². The van der Waals surface area contributed by atoms with Gasteiger partial charge in [0, 0.05) is 31.8 Å². The third-order valence-electron chi connectivity index (χ3n) is 5.78. The average Bonchev–Trinajstić information content (AvgIpc) is 3.21. The standard InChI is InChI=1S/C20H32N2OS.C2H6/c1-2-17-9-12-20(23,13-10-17)19-7-5-18(6-8-19)11-14-21-24-22-15-3-4-16-22;1-2/h5-8,17,21,23H,2-4,9-16H2,1H3;1-2H3. The van der Waals surface area contributed by atoms with Crippen LogP contribution in [0.2, 0.25) is 0 Å². The molecule has 1 heterocycles. The highest BCUT2D eigenvalue weighted by molar-refractivity contribution is 7.95. The first kappa shape index (κ1) is 21.7. The van der Waals surface area contributed by atoms with E-state index >= 15 is 0 Å². The fourth-order valence-corrected chi connectivity index (χ4v) is 4.76. The summed E-state index contributed by atoms with van der Waals surface area (Å²) in [5, 5.41) is 11.0. The van der Waals surface area contributed by atoms with Gasteiger partial charge in [-0.2, -0.15) is 0 Å². The minimum Gasteiger partial charge on any atom is -0.385 e. The molecular formula is C22H38N2OS. The van der Waals surface area contributed by atoms with Crippen molar-refractivity contribution in [2.75, 3.05) is 19.6 Å². The van der Waals surface area contributed by atoms with Crippen molar-refractivity contribution < 1.29 is 5.11 Å². The summed E-state index contributed by atoms with van der Waals surface area (Å²) in [6.07, 6.45) is 9.10. The Hall–Kier alpha value is -0.550. The lowest BCUT2D eigenvalue weighted by Gasteiger charge is -2.36. The second-order valence-corrected chi connectivity index (χ2v) is 8.44. The minimum atomic E-state index is -0.589. The Morgan fingerprint density at radius 1 is 1.12 bits per heavy atom. The van der Waals surface area contributed by atoms with E-state index in [1.165, 1.54) is 37.9 Å². The van der Waals surface area contributed by atoms with Crippen LogP contribution in [0.25, 0.3) is 0 Å². The molecule has 0 atom stereocenters. The first-order valence-corrected chi connectivity index (χ1v) is 11.4. The van der Waals surface area contributed by atoms with Gasteiger partial charge in [0.05, 0.1) is 5.60 Å². The molecule has 1 saturated heterocycles. The van der Waals surface area contributed by atoms with E-state index in [-0.39, 0.29) is 0 Å². The molecule has 1 aromatic rings. The third kappa shape index (κ3) is 6.26. The van der Waals surface area contributed by atoms with Crippen molar-refractivity contribution in [1.82, 2.24) is 9.03 Å².